The molecule has 1 rings (SSSR count). The predicted octanol–water partition coefficient (Wildman–Crippen LogP) is -0.860. The van der Waals surface area contributed by atoms with E-state index in [1.165, 1.54) is 0 Å². The molecule has 0 unspecified atom stereocenters. The summed E-state index contributed by atoms with van der Waals surface area (Å²) in [4.78, 5) is 3.78. The maximum atomic E-state index is 9.66. The lowest BCUT2D eigenvalue weighted by molar-refractivity contribution is 0.471. The van der Waals surface area contributed by atoms with Crippen molar-refractivity contribution in [3.63, 3.8) is 0 Å². The van der Waals surface area contributed by atoms with Crippen LogP contribution in [0.4, 0.5) is 0 Å². The minimum Gasteiger partial charge on any atom is -0.341 e. The Morgan fingerprint density at radius 3 is 1.73 bits per heavy atom. The van der Waals surface area contributed by atoms with Crippen LogP contribution in [0, 0.1) is 0 Å². The van der Waals surface area contributed by atoms with Crippen molar-refractivity contribution in [2.24, 2.45) is 7.05 Å². The van der Waals surface area contributed by atoms with Gasteiger partial charge in [-0.15, -0.1) is 0 Å². The molecule has 0 spiro atoms. The highest BCUT2D eigenvalue weighted by molar-refractivity contribution is 8.02. The van der Waals surface area contributed by atoms with Crippen LogP contribution in [0.5, 0.6) is 0 Å². The smallest absolute Gasteiger partial charge is 0.281 e. The molecule has 0 saturated carbocycles. The van der Waals surface area contributed by atoms with Crippen LogP contribution in [0.15, 0.2) is 18.7 Å². The number of aromatic nitrogens is 2. The summed E-state index contributed by atoms with van der Waals surface area (Å²) in [5.74, 6) is 0. The normalized spacial score (nSPS) is 11.7. The number of aryl methyl sites for hydroxylation is 1. The van der Waals surface area contributed by atoms with Crippen molar-refractivity contribution >= 4 is 20.2 Å². The van der Waals surface area contributed by atoms with Gasteiger partial charge < -0.3 is 4.57 Å². The maximum absolute atomic E-state index is 9.66. The van der Waals surface area contributed by atoms with E-state index in [9.17, 15) is 16.8 Å². The van der Waals surface area contributed by atoms with Gasteiger partial charge in [0.05, 0.1) is 6.33 Å². The monoisotopic (exact) mass is 258 g/mol. The molecule has 8 nitrogen and oxygen atoms in total. The van der Waals surface area contributed by atoms with E-state index < -0.39 is 25.3 Å². The van der Waals surface area contributed by atoms with Gasteiger partial charge in [0.2, 0.25) is 5.08 Å². The van der Waals surface area contributed by atoms with Crippen molar-refractivity contribution in [3.05, 3.63) is 18.7 Å². The van der Waals surface area contributed by atoms with Crippen LogP contribution < -0.4 is 0 Å². The van der Waals surface area contributed by atoms with Crippen LogP contribution in [0.1, 0.15) is 0 Å². The molecule has 1 heterocycles. The van der Waals surface area contributed by atoms with Crippen molar-refractivity contribution in [1.82, 2.24) is 9.55 Å². The van der Waals surface area contributed by atoms with Gasteiger partial charge in [-0.1, -0.05) is 0 Å². The second-order valence-electron chi connectivity index (χ2n) is 2.51. The average Bonchev–Trinajstić information content (AvgIpc) is 2.31. The Bertz CT molecular complexity index is 444. The molecule has 0 aliphatic rings. The number of rotatable bonds is 2. The summed E-state index contributed by atoms with van der Waals surface area (Å²) >= 11 is 0. The zero-order valence-electron chi connectivity index (χ0n) is 7.68. The van der Waals surface area contributed by atoms with Crippen LogP contribution in [0.3, 0.4) is 0 Å². The van der Waals surface area contributed by atoms with Crippen LogP contribution in [-0.2, 0) is 27.3 Å². The Hall–Kier alpha value is -0.970. The number of hydrogen-bond acceptors (Lipinski definition) is 5. The SMILES string of the molecule is Cn1ccnc1.O=S(=O)(O)CS(=O)(=O)O. The molecule has 0 aromatic carbocycles. The zero-order valence-corrected chi connectivity index (χ0v) is 9.31. The third kappa shape index (κ3) is 11.0. The van der Waals surface area contributed by atoms with E-state index in [4.69, 9.17) is 9.11 Å². The van der Waals surface area contributed by atoms with E-state index in [-0.39, 0.29) is 0 Å². The van der Waals surface area contributed by atoms with Crippen molar-refractivity contribution in [2.75, 3.05) is 5.08 Å². The third-order valence-corrected chi connectivity index (χ3v) is 3.32. The van der Waals surface area contributed by atoms with E-state index >= 15 is 0 Å². The quantitative estimate of drug-likeness (QED) is 0.661. The van der Waals surface area contributed by atoms with Crippen molar-refractivity contribution in [1.29, 1.82) is 0 Å². The fraction of sp³-hybridized carbons (Fsp3) is 0.400. The predicted molar refractivity (Wildman–Crippen MR) is 51.2 cm³/mol. The average molecular weight is 258 g/mol. The first-order valence-electron chi connectivity index (χ1n) is 3.42. The van der Waals surface area contributed by atoms with E-state index in [1.807, 2.05) is 17.8 Å². The van der Waals surface area contributed by atoms with Crippen molar-refractivity contribution in [3.8, 4) is 0 Å². The molecule has 2 N–H and O–H groups in total. The Morgan fingerprint density at radius 2 is 1.67 bits per heavy atom. The maximum Gasteiger partial charge on any atom is 0.281 e. The number of hydrogen-bond donors (Lipinski definition) is 2. The molecule has 0 amide bonds. The lowest BCUT2D eigenvalue weighted by Gasteiger charge is -1.89. The van der Waals surface area contributed by atoms with Gasteiger partial charge in [0, 0.05) is 19.4 Å². The summed E-state index contributed by atoms with van der Waals surface area (Å²) in [5.41, 5.74) is 0. The molecule has 1 aromatic rings. The summed E-state index contributed by atoms with van der Waals surface area (Å²) in [5, 5.41) is -1.65. The number of imidazole rings is 1. The molecule has 88 valence electrons. The van der Waals surface area contributed by atoms with Gasteiger partial charge in [-0.3, -0.25) is 9.11 Å². The Labute approximate surface area is 87.1 Å². The highest BCUT2D eigenvalue weighted by Gasteiger charge is 2.15. The van der Waals surface area contributed by atoms with Gasteiger partial charge in [-0.05, 0) is 0 Å². The zero-order chi connectivity index (χ0) is 12.1. The summed E-state index contributed by atoms with van der Waals surface area (Å²) in [6.45, 7) is 0. The van der Waals surface area contributed by atoms with E-state index in [2.05, 4.69) is 4.98 Å². The first kappa shape index (κ1) is 14.0. The summed E-state index contributed by atoms with van der Waals surface area (Å²) in [7, 11) is -7.30. The lowest BCUT2D eigenvalue weighted by Crippen LogP contribution is -2.13. The van der Waals surface area contributed by atoms with Crippen LogP contribution in [0.25, 0.3) is 0 Å². The van der Waals surface area contributed by atoms with Gasteiger partial charge in [0.25, 0.3) is 20.2 Å². The molecule has 0 aliphatic heterocycles. The fourth-order valence-electron chi connectivity index (χ4n) is 0.514. The summed E-state index contributed by atoms with van der Waals surface area (Å²) in [6, 6.07) is 0. The minimum atomic E-state index is -4.62. The van der Waals surface area contributed by atoms with Gasteiger partial charge in [-0.2, -0.15) is 16.8 Å². The Morgan fingerprint density at radius 1 is 1.20 bits per heavy atom. The molecule has 0 saturated heterocycles. The summed E-state index contributed by atoms with van der Waals surface area (Å²) in [6.07, 6.45) is 5.39. The third-order valence-electron chi connectivity index (χ3n) is 0.935. The molecule has 0 fully saturated rings. The molecule has 0 atom stereocenters. The van der Waals surface area contributed by atoms with Crippen LogP contribution >= 0.6 is 0 Å². The molecule has 10 heteroatoms. The first-order chi connectivity index (χ1) is 6.60. The topological polar surface area (TPSA) is 127 Å². The number of nitrogens with zero attached hydrogens (tertiary/aromatic N) is 2. The molecular formula is C5H10N2O6S2. The van der Waals surface area contributed by atoms with E-state index in [0.717, 1.165) is 0 Å². The van der Waals surface area contributed by atoms with E-state index in [1.54, 1.807) is 12.5 Å². The second kappa shape index (κ2) is 5.21. The molecule has 15 heavy (non-hydrogen) atoms. The van der Waals surface area contributed by atoms with Crippen molar-refractivity contribution < 1.29 is 25.9 Å². The van der Waals surface area contributed by atoms with E-state index in [0.29, 0.717) is 0 Å². The second-order valence-corrected chi connectivity index (χ2v) is 5.78. The van der Waals surface area contributed by atoms with Gasteiger partial charge in [-0.25, -0.2) is 4.98 Å². The molecule has 0 bridgehead atoms. The molecule has 0 aliphatic carbocycles. The highest BCUT2D eigenvalue weighted by atomic mass is 32.3. The molecule has 1 aromatic heterocycles. The Balaban J connectivity index is 0.000000280. The lowest BCUT2D eigenvalue weighted by atomic mass is 10.9. The van der Waals surface area contributed by atoms with Crippen LogP contribution in [0.2, 0.25) is 0 Å². The molecular weight excluding hydrogens is 248 g/mol. The first-order valence-corrected chi connectivity index (χ1v) is 6.64. The standard InChI is InChI=1S/C4H6N2.CH4O6S2/c1-6-3-2-5-4-6;2-8(3,4)1-9(5,6)7/h2-4H,1H3;1H2,(H,2,3,4)(H,5,6,7). The summed E-state index contributed by atoms with van der Waals surface area (Å²) < 4.78 is 56.1. The highest BCUT2D eigenvalue weighted by Crippen LogP contribution is 1.88. The van der Waals surface area contributed by atoms with Gasteiger partial charge >= 0.3 is 0 Å². The molecule has 0 radical (unpaired) electrons. The van der Waals surface area contributed by atoms with Crippen LogP contribution in [-0.4, -0.2) is 40.6 Å². The van der Waals surface area contributed by atoms with Crippen molar-refractivity contribution in [2.45, 2.75) is 0 Å². The largest absolute Gasteiger partial charge is 0.341 e. The van der Waals surface area contributed by atoms with Gasteiger partial charge in [0.1, 0.15) is 0 Å². The fourth-order valence-corrected chi connectivity index (χ4v) is 2.02. The van der Waals surface area contributed by atoms with Gasteiger partial charge in [0.15, 0.2) is 0 Å². The Kier molecular flexibility index (Phi) is 4.87. The minimum absolute atomic E-state index is 1.65.